The van der Waals surface area contributed by atoms with Crippen LogP contribution in [0.1, 0.15) is 44.9 Å². The van der Waals surface area contributed by atoms with Gasteiger partial charge in [-0.15, -0.1) is 0 Å². The number of hydrogen-bond donors (Lipinski definition) is 0. The van der Waals surface area contributed by atoms with Gasteiger partial charge in [-0.05, 0) is 44.9 Å². The van der Waals surface area contributed by atoms with E-state index in [1.807, 2.05) is 0 Å². The van der Waals surface area contributed by atoms with Crippen molar-refractivity contribution in [1.29, 1.82) is 0 Å². The van der Waals surface area contributed by atoms with Crippen LogP contribution in [0.2, 0.25) is 0 Å². The predicted octanol–water partition coefficient (Wildman–Crippen LogP) is 4.71. The van der Waals surface area contributed by atoms with Gasteiger partial charge in [-0.25, -0.2) is 0 Å². The summed E-state index contributed by atoms with van der Waals surface area (Å²) < 4.78 is 0. The van der Waals surface area contributed by atoms with E-state index in [1.54, 1.807) is 11.1 Å². The molecule has 3 aliphatic rings. The lowest BCUT2D eigenvalue weighted by atomic mass is 9.74. The average molecular weight is 212 g/mol. The summed E-state index contributed by atoms with van der Waals surface area (Å²) in [6, 6.07) is 0. The molecule has 0 bridgehead atoms. The molecule has 0 radical (unpaired) electrons. The highest BCUT2D eigenvalue weighted by molar-refractivity contribution is 5.46. The number of allylic oxidation sites excluding steroid dienone is 8. The van der Waals surface area contributed by atoms with Crippen LogP contribution in [0.5, 0.6) is 0 Å². The highest BCUT2D eigenvalue weighted by Crippen LogP contribution is 2.53. The zero-order valence-electron chi connectivity index (χ0n) is 9.91. The molecule has 84 valence electrons. The molecule has 0 nitrogen and oxygen atoms in total. The van der Waals surface area contributed by atoms with Gasteiger partial charge in [-0.2, -0.15) is 0 Å². The van der Waals surface area contributed by atoms with Crippen molar-refractivity contribution >= 4 is 0 Å². The van der Waals surface area contributed by atoms with Crippen molar-refractivity contribution in [2.75, 3.05) is 0 Å². The average Bonchev–Trinajstić information content (AvgIpc) is 2.75. The Morgan fingerprint density at radius 1 is 0.938 bits per heavy atom. The Balaban J connectivity index is 1.91. The third-order valence-corrected chi connectivity index (χ3v) is 4.31. The topological polar surface area (TPSA) is 0 Å². The predicted molar refractivity (Wildman–Crippen MR) is 69.2 cm³/mol. The fourth-order valence-corrected chi connectivity index (χ4v) is 3.50. The molecule has 0 N–H and O–H groups in total. The van der Waals surface area contributed by atoms with Gasteiger partial charge in [-0.3, -0.25) is 0 Å². The minimum Gasteiger partial charge on any atom is -0.0882 e. The Morgan fingerprint density at radius 2 is 1.88 bits per heavy atom. The first-order chi connectivity index (χ1) is 7.92. The summed E-state index contributed by atoms with van der Waals surface area (Å²) in [5.74, 6) is 0. The number of rotatable bonds is 1. The Labute approximate surface area is 98.4 Å². The number of fused-ring (bicyclic) bond motifs is 1. The molecule has 0 amide bonds. The largest absolute Gasteiger partial charge is 0.0882 e. The maximum absolute atomic E-state index is 2.53. The van der Waals surface area contributed by atoms with Gasteiger partial charge in [0, 0.05) is 5.41 Å². The van der Waals surface area contributed by atoms with Crippen molar-refractivity contribution in [3.8, 4) is 0 Å². The number of hydrogen-bond acceptors (Lipinski definition) is 0. The fraction of sp³-hybridized carbons (Fsp3) is 0.500. The van der Waals surface area contributed by atoms with E-state index in [2.05, 4.69) is 36.5 Å². The molecule has 3 aliphatic carbocycles. The van der Waals surface area contributed by atoms with Crippen LogP contribution < -0.4 is 0 Å². The molecule has 0 aromatic heterocycles. The van der Waals surface area contributed by atoms with Gasteiger partial charge < -0.3 is 0 Å². The molecular weight excluding hydrogens is 192 g/mol. The van der Waals surface area contributed by atoms with E-state index in [0.29, 0.717) is 5.41 Å². The van der Waals surface area contributed by atoms with Crippen LogP contribution in [0.4, 0.5) is 0 Å². The van der Waals surface area contributed by atoms with E-state index >= 15 is 0 Å². The highest BCUT2D eigenvalue weighted by Gasteiger charge is 2.40. The molecule has 0 aliphatic heterocycles. The van der Waals surface area contributed by atoms with E-state index in [4.69, 9.17) is 0 Å². The summed E-state index contributed by atoms with van der Waals surface area (Å²) in [5.41, 5.74) is 3.75. The minimum absolute atomic E-state index is 0.366. The lowest BCUT2D eigenvalue weighted by molar-refractivity contribution is 0.541. The maximum atomic E-state index is 2.53. The molecule has 0 heterocycles. The molecule has 0 saturated heterocycles. The van der Waals surface area contributed by atoms with Crippen molar-refractivity contribution in [2.24, 2.45) is 5.41 Å². The molecule has 1 saturated carbocycles. The van der Waals surface area contributed by atoms with Crippen molar-refractivity contribution in [3.05, 3.63) is 47.6 Å². The molecule has 0 aromatic rings. The van der Waals surface area contributed by atoms with E-state index in [9.17, 15) is 0 Å². The van der Waals surface area contributed by atoms with Gasteiger partial charge in [0.25, 0.3) is 0 Å². The van der Waals surface area contributed by atoms with Gasteiger partial charge >= 0.3 is 0 Å². The normalized spacial score (nSPS) is 33.0. The second-order valence-corrected chi connectivity index (χ2v) is 5.19. The smallest absolute Gasteiger partial charge is 0.0307 e. The Morgan fingerprint density at radius 3 is 2.88 bits per heavy atom. The van der Waals surface area contributed by atoms with Crippen LogP contribution in [0.3, 0.4) is 0 Å². The van der Waals surface area contributed by atoms with Crippen LogP contribution in [-0.2, 0) is 0 Å². The second kappa shape index (κ2) is 4.08. The van der Waals surface area contributed by atoms with Crippen molar-refractivity contribution < 1.29 is 0 Å². The Bertz CT molecular complexity index is 392. The van der Waals surface area contributed by atoms with Gasteiger partial charge in [0.05, 0.1) is 0 Å². The monoisotopic (exact) mass is 212 g/mol. The molecular formula is C16H20. The standard InChI is InChI=1S/C16H20/c1-2-4-8-14(9-5-3-1)16-12-6-10-15(16)11-7-13-16/h1-2,6,9-10,12H,3-5,7-8,11,13H2. The van der Waals surface area contributed by atoms with E-state index in [-0.39, 0.29) is 0 Å². The van der Waals surface area contributed by atoms with Gasteiger partial charge in [0.1, 0.15) is 0 Å². The molecule has 3 rings (SSSR count). The summed E-state index contributed by atoms with van der Waals surface area (Å²) in [7, 11) is 0. The molecule has 0 heteroatoms. The fourth-order valence-electron chi connectivity index (χ4n) is 3.50. The first kappa shape index (κ1) is 10.1. The van der Waals surface area contributed by atoms with Crippen LogP contribution >= 0.6 is 0 Å². The SMILES string of the molecule is C1=CC2(C3=CCCC=CCC3)CCCC2=C1. The lowest BCUT2D eigenvalue weighted by Gasteiger charge is -2.29. The molecule has 16 heavy (non-hydrogen) atoms. The Kier molecular flexibility index (Phi) is 2.59. The van der Waals surface area contributed by atoms with Crippen molar-refractivity contribution in [1.82, 2.24) is 0 Å². The van der Waals surface area contributed by atoms with Crippen LogP contribution in [-0.4, -0.2) is 0 Å². The first-order valence-corrected chi connectivity index (χ1v) is 6.65. The third-order valence-electron chi connectivity index (χ3n) is 4.31. The summed E-state index contributed by atoms with van der Waals surface area (Å²) >= 11 is 0. The van der Waals surface area contributed by atoms with Crippen molar-refractivity contribution in [2.45, 2.75) is 44.9 Å². The second-order valence-electron chi connectivity index (χ2n) is 5.19. The van der Waals surface area contributed by atoms with E-state index < -0.39 is 0 Å². The first-order valence-electron chi connectivity index (χ1n) is 6.65. The molecule has 0 aromatic carbocycles. The van der Waals surface area contributed by atoms with Crippen molar-refractivity contribution in [3.63, 3.8) is 0 Å². The zero-order chi connectivity index (χ0) is 10.8. The summed E-state index contributed by atoms with van der Waals surface area (Å²) in [6.45, 7) is 0. The Hall–Kier alpha value is -1.04. The maximum Gasteiger partial charge on any atom is 0.0307 e. The molecule has 1 unspecified atom stereocenters. The highest BCUT2D eigenvalue weighted by atomic mass is 14.4. The minimum atomic E-state index is 0.366. The van der Waals surface area contributed by atoms with E-state index in [1.165, 1.54) is 44.9 Å². The lowest BCUT2D eigenvalue weighted by Crippen LogP contribution is -2.17. The van der Waals surface area contributed by atoms with Crippen LogP contribution in [0.15, 0.2) is 47.6 Å². The van der Waals surface area contributed by atoms with Crippen LogP contribution in [0, 0.1) is 5.41 Å². The van der Waals surface area contributed by atoms with Crippen LogP contribution in [0.25, 0.3) is 0 Å². The van der Waals surface area contributed by atoms with E-state index in [0.717, 1.165) is 0 Å². The molecule has 1 fully saturated rings. The van der Waals surface area contributed by atoms with Gasteiger partial charge in [0.2, 0.25) is 0 Å². The third kappa shape index (κ3) is 1.52. The van der Waals surface area contributed by atoms with Gasteiger partial charge in [0.15, 0.2) is 0 Å². The summed E-state index contributed by atoms with van der Waals surface area (Å²) in [5, 5.41) is 0. The summed E-state index contributed by atoms with van der Waals surface area (Å²) in [6.07, 6.45) is 23.3. The quantitative estimate of drug-likeness (QED) is 0.552. The molecule has 1 atom stereocenters. The van der Waals surface area contributed by atoms with Gasteiger partial charge in [-0.1, -0.05) is 47.6 Å². The summed E-state index contributed by atoms with van der Waals surface area (Å²) in [4.78, 5) is 0. The zero-order valence-corrected chi connectivity index (χ0v) is 9.91. The molecule has 0 spiro atoms.